The zero-order valence-electron chi connectivity index (χ0n) is 16.6. The molecule has 2 rings (SSSR count). The maximum atomic E-state index is 12.2. The number of halogens is 1. The lowest BCUT2D eigenvalue weighted by Gasteiger charge is -2.22. The van der Waals surface area contributed by atoms with E-state index in [1.165, 1.54) is 0 Å². The third kappa shape index (κ3) is 6.17. The number of nitrogens with one attached hydrogen (secondary N) is 1. The van der Waals surface area contributed by atoms with Gasteiger partial charge < -0.3 is 14.8 Å². The highest BCUT2D eigenvalue weighted by Crippen LogP contribution is 2.30. The van der Waals surface area contributed by atoms with Crippen LogP contribution in [-0.4, -0.2) is 25.2 Å². The maximum Gasteiger partial charge on any atom is 0.260 e. The predicted molar refractivity (Wildman–Crippen MR) is 110 cm³/mol. The first kappa shape index (κ1) is 21.1. The van der Waals surface area contributed by atoms with Crippen LogP contribution in [-0.2, 0) is 10.2 Å². The van der Waals surface area contributed by atoms with Gasteiger partial charge >= 0.3 is 0 Å². The highest BCUT2D eigenvalue weighted by atomic mass is 35.5. The van der Waals surface area contributed by atoms with Crippen LogP contribution in [0.2, 0.25) is 5.02 Å². The third-order valence-electron chi connectivity index (χ3n) is 4.17. The van der Waals surface area contributed by atoms with Gasteiger partial charge in [0.05, 0.1) is 6.54 Å². The molecule has 0 aromatic heterocycles. The minimum Gasteiger partial charge on any atom is -0.491 e. The van der Waals surface area contributed by atoms with Crippen LogP contribution >= 0.6 is 11.6 Å². The molecule has 1 unspecified atom stereocenters. The summed E-state index contributed by atoms with van der Waals surface area (Å²) in [6, 6.07) is 13.3. The van der Waals surface area contributed by atoms with Crippen molar-refractivity contribution in [1.82, 2.24) is 5.32 Å². The van der Waals surface area contributed by atoms with E-state index < -0.39 is 6.10 Å². The Morgan fingerprint density at radius 3 is 2.56 bits per heavy atom. The fourth-order valence-corrected chi connectivity index (χ4v) is 2.76. The molecule has 1 atom stereocenters. The molecule has 0 aliphatic carbocycles. The summed E-state index contributed by atoms with van der Waals surface area (Å²) in [6.45, 7) is 10.9. The van der Waals surface area contributed by atoms with E-state index in [1.807, 2.05) is 31.2 Å². The van der Waals surface area contributed by atoms with E-state index >= 15 is 0 Å². The second kappa shape index (κ2) is 9.14. The summed E-state index contributed by atoms with van der Waals surface area (Å²) >= 11 is 6.01. The molecule has 1 N–H and O–H groups in total. The van der Waals surface area contributed by atoms with Crippen LogP contribution in [0.15, 0.2) is 42.5 Å². The molecular formula is C22H28ClNO3. The van der Waals surface area contributed by atoms with Gasteiger partial charge in [-0.15, -0.1) is 0 Å². The summed E-state index contributed by atoms with van der Waals surface area (Å²) in [6.07, 6.45) is -0.604. The van der Waals surface area contributed by atoms with Crippen molar-refractivity contribution >= 4 is 17.5 Å². The van der Waals surface area contributed by atoms with E-state index in [2.05, 4.69) is 32.2 Å². The molecule has 5 heteroatoms. The van der Waals surface area contributed by atoms with Crippen molar-refractivity contribution in [3.05, 3.63) is 58.6 Å². The van der Waals surface area contributed by atoms with Gasteiger partial charge in [-0.05, 0) is 54.7 Å². The number of ether oxygens (including phenoxy) is 2. The van der Waals surface area contributed by atoms with Gasteiger partial charge in [0.2, 0.25) is 0 Å². The van der Waals surface area contributed by atoms with Crippen molar-refractivity contribution < 1.29 is 14.3 Å². The van der Waals surface area contributed by atoms with E-state index in [9.17, 15) is 4.79 Å². The van der Waals surface area contributed by atoms with Crippen molar-refractivity contribution in [2.24, 2.45) is 0 Å². The molecule has 4 nitrogen and oxygen atoms in total. The van der Waals surface area contributed by atoms with Gasteiger partial charge in [-0.3, -0.25) is 4.79 Å². The van der Waals surface area contributed by atoms with Crippen LogP contribution < -0.4 is 14.8 Å². The van der Waals surface area contributed by atoms with Crippen molar-refractivity contribution in [2.45, 2.75) is 46.1 Å². The normalized spacial score (nSPS) is 12.4. The minimum atomic E-state index is -0.604. The van der Waals surface area contributed by atoms with Crippen LogP contribution in [0, 0.1) is 6.92 Å². The van der Waals surface area contributed by atoms with E-state index in [0.29, 0.717) is 23.9 Å². The Balaban J connectivity index is 1.81. The van der Waals surface area contributed by atoms with Crippen LogP contribution in [0.3, 0.4) is 0 Å². The SMILES string of the molecule is Cc1cc(OC(C)C(=O)NCCOc2ccccc2C(C)(C)C)ccc1Cl. The van der Waals surface area contributed by atoms with E-state index in [-0.39, 0.29) is 11.3 Å². The Hall–Kier alpha value is -2.20. The molecule has 2 aromatic carbocycles. The van der Waals surface area contributed by atoms with E-state index in [1.54, 1.807) is 19.1 Å². The van der Waals surface area contributed by atoms with Gasteiger partial charge in [0, 0.05) is 5.02 Å². The van der Waals surface area contributed by atoms with Crippen molar-refractivity contribution in [1.29, 1.82) is 0 Å². The number of hydrogen-bond donors (Lipinski definition) is 1. The average molecular weight is 390 g/mol. The van der Waals surface area contributed by atoms with Gasteiger partial charge in [0.1, 0.15) is 18.1 Å². The third-order valence-corrected chi connectivity index (χ3v) is 4.59. The van der Waals surface area contributed by atoms with Crippen LogP contribution in [0.4, 0.5) is 0 Å². The lowest BCUT2D eigenvalue weighted by atomic mass is 9.86. The van der Waals surface area contributed by atoms with Gasteiger partial charge in [-0.25, -0.2) is 0 Å². The molecule has 2 aromatic rings. The fourth-order valence-electron chi connectivity index (χ4n) is 2.64. The highest BCUT2D eigenvalue weighted by Gasteiger charge is 2.18. The number of carbonyl (C=O) groups excluding carboxylic acids is 1. The number of aryl methyl sites for hydroxylation is 1. The van der Waals surface area contributed by atoms with Crippen molar-refractivity contribution in [3.8, 4) is 11.5 Å². The molecule has 0 heterocycles. The molecule has 0 aliphatic rings. The zero-order valence-corrected chi connectivity index (χ0v) is 17.4. The molecule has 0 radical (unpaired) electrons. The van der Waals surface area contributed by atoms with Gasteiger partial charge in [0.25, 0.3) is 5.91 Å². The van der Waals surface area contributed by atoms with Gasteiger partial charge in [-0.2, -0.15) is 0 Å². The number of amides is 1. The number of carbonyl (C=O) groups is 1. The number of rotatable bonds is 7. The average Bonchev–Trinajstić information content (AvgIpc) is 2.61. The van der Waals surface area contributed by atoms with Crippen LogP contribution in [0.25, 0.3) is 0 Å². The summed E-state index contributed by atoms with van der Waals surface area (Å²) in [5.74, 6) is 1.28. The number of hydrogen-bond acceptors (Lipinski definition) is 3. The monoisotopic (exact) mass is 389 g/mol. The molecule has 0 saturated heterocycles. The first-order chi connectivity index (χ1) is 12.7. The molecule has 0 aliphatic heterocycles. The second-order valence-corrected chi connectivity index (χ2v) is 7.96. The van der Waals surface area contributed by atoms with Gasteiger partial charge in [0.15, 0.2) is 6.10 Å². The summed E-state index contributed by atoms with van der Waals surface area (Å²) in [7, 11) is 0. The molecule has 1 amide bonds. The summed E-state index contributed by atoms with van der Waals surface area (Å²) in [4.78, 5) is 12.2. The van der Waals surface area contributed by atoms with Crippen LogP contribution in [0.1, 0.15) is 38.8 Å². The molecular weight excluding hydrogens is 362 g/mol. The summed E-state index contributed by atoms with van der Waals surface area (Å²) < 4.78 is 11.6. The minimum absolute atomic E-state index is 0.00108. The van der Waals surface area contributed by atoms with Crippen molar-refractivity contribution in [3.63, 3.8) is 0 Å². The Morgan fingerprint density at radius 2 is 1.89 bits per heavy atom. The Bertz CT molecular complexity index is 783. The Labute approximate surface area is 166 Å². The first-order valence-electron chi connectivity index (χ1n) is 9.11. The number of para-hydroxylation sites is 1. The smallest absolute Gasteiger partial charge is 0.260 e. The second-order valence-electron chi connectivity index (χ2n) is 7.56. The molecule has 27 heavy (non-hydrogen) atoms. The Kier molecular flexibility index (Phi) is 7.14. The lowest BCUT2D eigenvalue weighted by molar-refractivity contribution is -0.127. The fraction of sp³-hybridized carbons (Fsp3) is 0.409. The first-order valence-corrected chi connectivity index (χ1v) is 9.49. The zero-order chi connectivity index (χ0) is 20.0. The van der Waals surface area contributed by atoms with E-state index in [0.717, 1.165) is 16.9 Å². The lowest BCUT2D eigenvalue weighted by Crippen LogP contribution is -2.38. The summed E-state index contributed by atoms with van der Waals surface area (Å²) in [5.41, 5.74) is 2.05. The molecule has 0 saturated carbocycles. The topological polar surface area (TPSA) is 47.6 Å². The van der Waals surface area contributed by atoms with Crippen LogP contribution in [0.5, 0.6) is 11.5 Å². The molecule has 0 spiro atoms. The highest BCUT2D eigenvalue weighted by molar-refractivity contribution is 6.31. The number of benzene rings is 2. The quantitative estimate of drug-likeness (QED) is 0.684. The van der Waals surface area contributed by atoms with Gasteiger partial charge in [-0.1, -0.05) is 50.6 Å². The summed E-state index contributed by atoms with van der Waals surface area (Å²) in [5, 5.41) is 3.52. The largest absolute Gasteiger partial charge is 0.491 e. The van der Waals surface area contributed by atoms with Crippen molar-refractivity contribution in [2.75, 3.05) is 13.2 Å². The predicted octanol–water partition coefficient (Wildman–Crippen LogP) is 4.91. The molecule has 146 valence electrons. The molecule has 0 bridgehead atoms. The molecule has 0 fully saturated rings. The Morgan fingerprint density at radius 1 is 1.19 bits per heavy atom. The standard InChI is InChI=1S/C22H28ClNO3/c1-15-14-17(10-11-19(15)23)27-16(2)21(25)24-12-13-26-20-9-7-6-8-18(20)22(3,4)5/h6-11,14,16H,12-13H2,1-5H3,(H,24,25). The van der Waals surface area contributed by atoms with E-state index in [4.69, 9.17) is 21.1 Å². The maximum absolute atomic E-state index is 12.2.